The lowest BCUT2D eigenvalue weighted by atomic mass is 10.0. The number of hydrogen-bond donors (Lipinski definition) is 4. The number of aromatic hydroxyl groups is 2. The smallest absolute Gasteiger partial charge is 0.197 e. The van der Waals surface area contributed by atoms with E-state index in [1.165, 1.54) is 122 Å². The summed E-state index contributed by atoms with van der Waals surface area (Å²) in [6.07, 6.45) is 26.4. The maximum absolute atomic E-state index is 13.2. The third-order valence-corrected chi connectivity index (χ3v) is 14.3. The molecule has 77 heavy (non-hydrogen) atoms. The largest absolute Gasteiger partial charge is 0.504 e. The number of furan rings is 2. The van der Waals surface area contributed by atoms with E-state index in [1.54, 1.807) is 50.6 Å². The highest BCUT2D eigenvalue weighted by molar-refractivity contribution is 6.07. The van der Waals surface area contributed by atoms with Gasteiger partial charge in [0.05, 0.1) is 39.2 Å². The van der Waals surface area contributed by atoms with Gasteiger partial charge in [-0.15, -0.1) is 0 Å². The van der Waals surface area contributed by atoms with Crippen LogP contribution in [0.15, 0.2) is 100 Å². The number of aryl methyl sites for hydroxylation is 2. The van der Waals surface area contributed by atoms with Crippen LogP contribution in [0, 0.1) is 0 Å². The van der Waals surface area contributed by atoms with Gasteiger partial charge in [-0.1, -0.05) is 109 Å². The molecule has 0 unspecified atom stereocenters. The van der Waals surface area contributed by atoms with Gasteiger partial charge in [-0.3, -0.25) is 9.59 Å². The summed E-state index contributed by atoms with van der Waals surface area (Å²) in [5.41, 5.74) is 2.53. The maximum atomic E-state index is 13.2. The van der Waals surface area contributed by atoms with Crippen LogP contribution in [-0.4, -0.2) is 62.1 Å². The number of fused-ring (bicyclic) bond motifs is 6. The summed E-state index contributed by atoms with van der Waals surface area (Å²) in [5, 5.41) is 39.8. The van der Waals surface area contributed by atoms with Gasteiger partial charge in [0.2, 0.25) is 0 Å². The van der Waals surface area contributed by atoms with Crippen LogP contribution in [0.1, 0.15) is 146 Å². The normalized spacial score (nSPS) is 11.5. The number of rotatable bonds is 31. The molecule has 0 bridgehead atoms. The van der Waals surface area contributed by atoms with Crippen LogP contribution in [0.4, 0.5) is 0 Å². The lowest BCUT2D eigenvalue weighted by Gasteiger charge is -2.08. The molecule has 4 aromatic heterocycles. The van der Waals surface area contributed by atoms with Crippen LogP contribution in [0.3, 0.4) is 0 Å². The number of aliphatic hydroxyl groups is 2. The Hall–Kier alpha value is -6.90. The summed E-state index contributed by atoms with van der Waals surface area (Å²) in [5.74, 6) is 4.19. The fourth-order valence-electron chi connectivity index (χ4n) is 10.0. The van der Waals surface area contributed by atoms with Crippen molar-refractivity contribution in [3.05, 3.63) is 105 Å². The van der Waals surface area contributed by atoms with Crippen molar-refractivity contribution in [2.24, 2.45) is 0 Å². The zero-order valence-corrected chi connectivity index (χ0v) is 45.5. The minimum absolute atomic E-state index is 0.0104. The van der Waals surface area contributed by atoms with E-state index in [0.717, 1.165) is 86.5 Å². The molecule has 0 saturated heterocycles. The topological polar surface area (TPSA) is 205 Å². The molecule has 0 spiro atoms. The zero-order chi connectivity index (χ0) is 54.5. The average Bonchev–Trinajstić information content (AvgIpc) is 4.15. The van der Waals surface area contributed by atoms with E-state index in [1.807, 2.05) is 12.1 Å². The molecule has 0 amide bonds. The SMILES string of the molecule is COc1cc(-c2cc(=O)c3c(cc(OC)c4cc(CCCCCCCCCCCCCO)oc43)o2)ccc1O.COc1cc(-c2cc(=O)c3c(cc(OC)c4cc(CCCCCCCCCCCCO)oc43)o2)ccc1O. The number of methoxy groups -OCH3 is 4. The van der Waals surface area contributed by atoms with Crippen molar-refractivity contribution >= 4 is 43.9 Å². The lowest BCUT2D eigenvalue weighted by molar-refractivity contribution is 0.282. The predicted octanol–water partition coefficient (Wildman–Crippen LogP) is 15.1. The van der Waals surface area contributed by atoms with Gasteiger partial charge in [0, 0.05) is 61.4 Å². The third kappa shape index (κ3) is 15.4. The standard InChI is InChI=1S/C32H40O7.C31H38O7/c1-36-28-21-30-31(26(35)20-27(39-30)22-15-16-25(34)29(18-22)37-2)32-24(28)19-23(38-32)14-12-10-8-6-4-3-5-7-9-11-13-17-33;1-35-27-20-29-30(25(34)19-26(38-29)21-14-15-24(33)28(17-21)36-2)31-23(27)18-22(37-31)13-11-9-7-5-3-4-6-8-10-12-16-32/h15-16,18-21,33-34H,3-14,17H2,1-2H3;14-15,17-20,32-33H,3-13,16H2,1-2H3. The number of benzene rings is 4. The molecule has 4 N–H and O–H groups in total. The van der Waals surface area contributed by atoms with Crippen LogP contribution in [0.25, 0.3) is 66.5 Å². The minimum Gasteiger partial charge on any atom is -0.504 e. The Kier molecular flexibility index (Phi) is 22.2. The molecule has 0 radical (unpaired) electrons. The van der Waals surface area contributed by atoms with Gasteiger partial charge in [-0.05, 0) is 74.2 Å². The Bertz CT molecular complexity index is 3250. The van der Waals surface area contributed by atoms with Gasteiger partial charge in [0.25, 0.3) is 0 Å². The molecule has 0 aliphatic carbocycles. The molecule has 0 atom stereocenters. The minimum atomic E-state index is -0.210. The third-order valence-electron chi connectivity index (χ3n) is 14.3. The quantitative estimate of drug-likeness (QED) is 0.0299. The van der Waals surface area contributed by atoms with Gasteiger partial charge in [0.15, 0.2) is 45.0 Å². The molecule has 4 aromatic carbocycles. The Morgan fingerprint density at radius 1 is 0.377 bits per heavy atom. The maximum Gasteiger partial charge on any atom is 0.197 e. The molecule has 0 aliphatic heterocycles. The number of unbranched alkanes of at least 4 members (excludes halogenated alkanes) is 19. The molecule has 414 valence electrons. The first-order valence-electron chi connectivity index (χ1n) is 27.7. The first-order valence-corrected chi connectivity index (χ1v) is 27.7. The Balaban J connectivity index is 0.000000224. The number of ether oxygens (including phenoxy) is 4. The van der Waals surface area contributed by atoms with E-state index in [4.69, 9.17) is 46.8 Å². The van der Waals surface area contributed by atoms with Crippen molar-refractivity contribution in [3.8, 4) is 57.1 Å². The fraction of sp³-hybridized carbons (Fsp3) is 0.460. The monoisotopic (exact) mass is 1060 g/mol. The highest BCUT2D eigenvalue weighted by atomic mass is 16.5. The first-order chi connectivity index (χ1) is 37.6. The van der Waals surface area contributed by atoms with Crippen molar-refractivity contribution in [2.45, 2.75) is 148 Å². The van der Waals surface area contributed by atoms with Crippen molar-refractivity contribution in [2.75, 3.05) is 41.7 Å². The first kappa shape index (κ1) is 57.8. The molecule has 8 rings (SSSR count). The van der Waals surface area contributed by atoms with Crippen molar-refractivity contribution < 1.29 is 57.0 Å². The molecular formula is C63H78O14. The van der Waals surface area contributed by atoms with E-state index in [9.17, 15) is 19.8 Å². The average molecular weight is 1060 g/mol. The summed E-state index contributed by atoms with van der Waals surface area (Å²) in [6.45, 7) is 0.618. The molecular weight excluding hydrogens is 981 g/mol. The summed E-state index contributed by atoms with van der Waals surface area (Å²) in [6, 6.07) is 19.9. The van der Waals surface area contributed by atoms with Crippen molar-refractivity contribution in [1.29, 1.82) is 0 Å². The van der Waals surface area contributed by atoms with E-state index in [-0.39, 0.29) is 22.4 Å². The Morgan fingerprint density at radius 3 is 1.03 bits per heavy atom. The lowest BCUT2D eigenvalue weighted by Crippen LogP contribution is -2.01. The van der Waals surface area contributed by atoms with Crippen LogP contribution < -0.4 is 29.8 Å². The Labute approximate surface area is 450 Å². The van der Waals surface area contributed by atoms with Crippen LogP contribution in [0.5, 0.6) is 34.5 Å². The van der Waals surface area contributed by atoms with E-state index >= 15 is 0 Å². The van der Waals surface area contributed by atoms with Gasteiger partial charge >= 0.3 is 0 Å². The second-order valence-electron chi connectivity index (χ2n) is 19.9. The second-order valence-corrected chi connectivity index (χ2v) is 19.9. The number of aliphatic hydroxyl groups excluding tert-OH is 2. The molecule has 14 heteroatoms. The summed E-state index contributed by atoms with van der Waals surface area (Å²) in [7, 11) is 6.12. The van der Waals surface area contributed by atoms with Crippen molar-refractivity contribution in [3.63, 3.8) is 0 Å². The van der Waals surface area contributed by atoms with E-state index in [0.29, 0.717) is 92.0 Å². The van der Waals surface area contributed by atoms with Gasteiger partial charge < -0.3 is 57.0 Å². The van der Waals surface area contributed by atoms with Crippen LogP contribution in [0.2, 0.25) is 0 Å². The fourth-order valence-corrected chi connectivity index (χ4v) is 10.0. The number of phenols is 2. The van der Waals surface area contributed by atoms with Gasteiger partial charge in [-0.2, -0.15) is 0 Å². The second kappa shape index (κ2) is 29.6. The zero-order valence-electron chi connectivity index (χ0n) is 45.5. The number of hydrogen-bond acceptors (Lipinski definition) is 14. The van der Waals surface area contributed by atoms with E-state index in [2.05, 4.69) is 0 Å². The highest BCUT2D eigenvalue weighted by Gasteiger charge is 2.21. The Morgan fingerprint density at radius 2 is 0.701 bits per heavy atom. The molecule has 0 saturated carbocycles. The predicted molar refractivity (Wildman–Crippen MR) is 303 cm³/mol. The number of phenolic OH excluding ortho intramolecular Hbond substituents is 2. The molecule has 0 aliphatic rings. The molecule has 8 aromatic rings. The highest BCUT2D eigenvalue weighted by Crippen LogP contribution is 2.40. The summed E-state index contributed by atoms with van der Waals surface area (Å²) in [4.78, 5) is 26.5. The summed E-state index contributed by atoms with van der Waals surface area (Å²) >= 11 is 0. The van der Waals surface area contributed by atoms with Gasteiger partial charge in [0.1, 0.15) is 56.5 Å². The van der Waals surface area contributed by atoms with Crippen LogP contribution in [-0.2, 0) is 12.8 Å². The van der Waals surface area contributed by atoms with Gasteiger partial charge in [-0.25, -0.2) is 0 Å². The van der Waals surface area contributed by atoms with Crippen LogP contribution >= 0.6 is 0 Å². The van der Waals surface area contributed by atoms with E-state index < -0.39 is 0 Å². The van der Waals surface area contributed by atoms with Crippen molar-refractivity contribution in [1.82, 2.24) is 0 Å². The molecule has 0 fully saturated rings. The summed E-state index contributed by atoms with van der Waals surface area (Å²) < 4.78 is 46.2. The molecule has 14 nitrogen and oxygen atoms in total. The molecule has 4 heterocycles.